The van der Waals surface area contributed by atoms with Crippen molar-refractivity contribution >= 4 is 28.5 Å². The third kappa shape index (κ3) is 2.64. The van der Waals surface area contributed by atoms with E-state index in [1.54, 1.807) is 0 Å². The van der Waals surface area contributed by atoms with Gasteiger partial charge in [-0.3, -0.25) is 9.98 Å². The van der Waals surface area contributed by atoms with Crippen molar-refractivity contribution in [2.24, 2.45) is 4.99 Å². The number of hydrogen-bond acceptors (Lipinski definition) is 4. The largest absolute Gasteiger partial charge is 0.338 e. The molecule has 2 aliphatic rings. The summed E-state index contributed by atoms with van der Waals surface area (Å²) in [7, 11) is 0. The lowest BCUT2D eigenvalue weighted by Gasteiger charge is -2.32. The van der Waals surface area contributed by atoms with Crippen LogP contribution in [0.3, 0.4) is 0 Å². The second-order valence-corrected chi connectivity index (χ2v) is 7.31. The lowest BCUT2D eigenvalue weighted by molar-refractivity contribution is 0.255. The maximum absolute atomic E-state index is 6.25. The Morgan fingerprint density at radius 2 is 2.17 bits per heavy atom. The van der Waals surface area contributed by atoms with Crippen molar-refractivity contribution in [1.82, 2.24) is 9.88 Å². The molecule has 0 spiro atoms. The van der Waals surface area contributed by atoms with Crippen molar-refractivity contribution < 1.29 is 0 Å². The summed E-state index contributed by atoms with van der Waals surface area (Å²) in [6.45, 7) is 2.25. The van der Waals surface area contributed by atoms with Crippen molar-refractivity contribution in [2.75, 3.05) is 5.75 Å². The summed E-state index contributed by atoms with van der Waals surface area (Å²) < 4.78 is 0. The number of thioether (sulfide) groups is 1. The van der Waals surface area contributed by atoms with E-state index in [0.29, 0.717) is 6.04 Å². The van der Waals surface area contributed by atoms with Crippen molar-refractivity contribution in [3.8, 4) is 0 Å². The van der Waals surface area contributed by atoms with Crippen molar-refractivity contribution in [3.63, 3.8) is 0 Å². The molecule has 3 atom stereocenters. The molecule has 2 aromatic rings. The van der Waals surface area contributed by atoms with Crippen LogP contribution in [0.4, 0.5) is 0 Å². The maximum atomic E-state index is 6.25. The molecule has 0 amide bonds. The van der Waals surface area contributed by atoms with Crippen LogP contribution in [0.5, 0.6) is 0 Å². The van der Waals surface area contributed by atoms with Gasteiger partial charge in [0.25, 0.3) is 0 Å². The van der Waals surface area contributed by atoms with Crippen LogP contribution in [0, 0.1) is 0 Å². The van der Waals surface area contributed by atoms with Crippen LogP contribution >= 0.6 is 23.4 Å². The van der Waals surface area contributed by atoms with E-state index in [1.165, 1.54) is 5.56 Å². The van der Waals surface area contributed by atoms with Gasteiger partial charge in [-0.15, -0.1) is 0 Å². The van der Waals surface area contributed by atoms with Crippen molar-refractivity contribution in [3.05, 3.63) is 64.9 Å². The number of fused-ring (bicyclic) bond motifs is 1. The third-order valence-electron chi connectivity index (χ3n) is 4.52. The normalized spacial score (nSPS) is 26.3. The summed E-state index contributed by atoms with van der Waals surface area (Å²) in [4.78, 5) is 12.0. The molecule has 4 rings (SSSR count). The summed E-state index contributed by atoms with van der Waals surface area (Å²) >= 11 is 8.12. The van der Waals surface area contributed by atoms with Gasteiger partial charge in [-0.2, -0.15) is 0 Å². The number of pyridine rings is 1. The third-order valence-corrected chi connectivity index (χ3v) is 5.88. The van der Waals surface area contributed by atoms with Crippen molar-refractivity contribution in [2.45, 2.75) is 31.5 Å². The summed E-state index contributed by atoms with van der Waals surface area (Å²) in [5.74, 6) is 1.11. The Balaban J connectivity index is 1.80. The average molecular weight is 344 g/mol. The molecule has 1 saturated heterocycles. The average Bonchev–Trinajstić information content (AvgIpc) is 3.14. The first-order valence-electron chi connectivity index (χ1n) is 7.93. The van der Waals surface area contributed by atoms with Gasteiger partial charge < -0.3 is 4.90 Å². The van der Waals surface area contributed by atoms with E-state index < -0.39 is 0 Å². The predicted molar refractivity (Wildman–Crippen MR) is 97.0 cm³/mol. The number of hydrogen-bond donors (Lipinski definition) is 0. The Labute approximate surface area is 145 Å². The molecule has 3 heterocycles. The molecule has 118 valence electrons. The zero-order valence-corrected chi connectivity index (χ0v) is 14.5. The van der Waals surface area contributed by atoms with Gasteiger partial charge in [0.1, 0.15) is 6.04 Å². The van der Waals surface area contributed by atoms with Gasteiger partial charge in [-0.25, -0.2) is 0 Å². The maximum Gasteiger partial charge on any atom is 0.160 e. The van der Waals surface area contributed by atoms with E-state index in [9.17, 15) is 0 Å². The molecule has 0 N–H and O–H groups in total. The van der Waals surface area contributed by atoms with Gasteiger partial charge in [-0.05, 0) is 36.2 Å². The van der Waals surface area contributed by atoms with Gasteiger partial charge in [0, 0.05) is 23.0 Å². The second kappa shape index (κ2) is 6.17. The fourth-order valence-corrected chi connectivity index (χ4v) is 4.94. The van der Waals surface area contributed by atoms with Gasteiger partial charge in [-0.1, -0.05) is 48.5 Å². The molecule has 0 saturated carbocycles. The number of amidine groups is 1. The summed E-state index contributed by atoms with van der Waals surface area (Å²) in [5.41, 5.74) is 2.24. The van der Waals surface area contributed by atoms with E-state index >= 15 is 0 Å². The SMILES string of the molecule is CC[C@@H]1CSC2=N[C@H](c3ccccn3)[C@@H](c3cccc(Cl)c3)N21. The Hall–Kier alpha value is -1.52. The van der Waals surface area contributed by atoms with Crippen LogP contribution in [-0.2, 0) is 0 Å². The van der Waals surface area contributed by atoms with Crippen molar-refractivity contribution in [1.29, 1.82) is 0 Å². The number of benzene rings is 1. The van der Waals surface area contributed by atoms with Crippen LogP contribution in [-0.4, -0.2) is 26.8 Å². The summed E-state index contributed by atoms with van der Waals surface area (Å²) in [6, 6.07) is 15.0. The Kier molecular flexibility index (Phi) is 4.04. The fourth-order valence-electron chi connectivity index (χ4n) is 3.40. The number of aliphatic imine (C=N–C) groups is 1. The van der Waals surface area contributed by atoms with E-state index in [-0.39, 0.29) is 12.1 Å². The van der Waals surface area contributed by atoms with Crippen LogP contribution in [0.15, 0.2) is 53.7 Å². The molecule has 1 aromatic heterocycles. The second-order valence-electron chi connectivity index (χ2n) is 5.89. The Bertz CT molecular complexity index is 734. The topological polar surface area (TPSA) is 28.5 Å². The van der Waals surface area contributed by atoms with E-state index in [1.807, 2.05) is 42.2 Å². The predicted octanol–water partition coefficient (Wildman–Crippen LogP) is 4.71. The number of nitrogens with zero attached hydrogens (tertiary/aromatic N) is 3. The summed E-state index contributed by atoms with van der Waals surface area (Å²) in [6.07, 6.45) is 2.97. The lowest BCUT2D eigenvalue weighted by atomic mass is 9.95. The highest BCUT2D eigenvalue weighted by Gasteiger charge is 2.45. The molecule has 0 unspecified atom stereocenters. The Morgan fingerprint density at radius 3 is 2.91 bits per heavy atom. The van der Waals surface area contributed by atoms with E-state index in [4.69, 9.17) is 16.6 Å². The van der Waals surface area contributed by atoms with Crippen LogP contribution in [0.1, 0.15) is 36.7 Å². The zero-order valence-electron chi connectivity index (χ0n) is 12.9. The molecule has 0 radical (unpaired) electrons. The van der Waals surface area contributed by atoms with Gasteiger partial charge in [0.15, 0.2) is 5.17 Å². The summed E-state index contributed by atoms with van der Waals surface area (Å²) in [5, 5.41) is 1.92. The quantitative estimate of drug-likeness (QED) is 0.807. The minimum Gasteiger partial charge on any atom is -0.338 e. The molecule has 0 aliphatic carbocycles. The van der Waals surface area contributed by atoms with Crippen LogP contribution < -0.4 is 0 Å². The van der Waals surface area contributed by atoms with Crippen LogP contribution in [0.25, 0.3) is 0 Å². The molecule has 1 fully saturated rings. The molecular weight excluding hydrogens is 326 g/mol. The van der Waals surface area contributed by atoms with Gasteiger partial charge >= 0.3 is 0 Å². The molecule has 0 bridgehead atoms. The lowest BCUT2D eigenvalue weighted by Crippen LogP contribution is -2.35. The monoisotopic (exact) mass is 343 g/mol. The van der Waals surface area contributed by atoms with E-state index in [2.05, 4.69) is 35.0 Å². The fraction of sp³-hybridized carbons (Fsp3) is 0.333. The highest BCUT2D eigenvalue weighted by molar-refractivity contribution is 8.14. The molecule has 2 aliphatic heterocycles. The first-order chi connectivity index (χ1) is 11.3. The van der Waals surface area contributed by atoms with Gasteiger partial charge in [0.05, 0.1) is 11.7 Å². The Morgan fingerprint density at radius 1 is 1.26 bits per heavy atom. The number of aromatic nitrogens is 1. The minimum absolute atomic E-state index is 0.0338. The first kappa shape index (κ1) is 15.0. The zero-order chi connectivity index (χ0) is 15.8. The number of halogens is 1. The van der Waals surface area contributed by atoms with Crippen LogP contribution in [0.2, 0.25) is 5.02 Å². The van der Waals surface area contributed by atoms with E-state index in [0.717, 1.165) is 28.1 Å². The smallest absolute Gasteiger partial charge is 0.160 e. The number of rotatable bonds is 3. The standard InChI is InChI=1S/C18H18ClN3S/c1-2-14-11-23-18-21-16(15-8-3-4-9-20-15)17(22(14)18)12-6-5-7-13(19)10-12/h3-10,14,16-17H,2,11H2,1H3/t14-,16-,17-/m1/s1. The molecule has 5 heteroatoms. The molecular formula is C18H18ClN3S. The first-order valence-corrected chi connectivity index (χ1v) is 9.29. The van der Waals surface area contributed by atoms with Gasteiger partial charge in [0.2, 0.25) is 0 Å². The molecule has 3 nitrogen and oxygen atoms in total. The molecule has 23 heavy (non-hydrogen) atoms. The highest BCUT2D eigenvalue weighted by atomic mass is 35.5. The molecule has 1 aromatic carbocycles. The minimum atomic E-state index is 0.0338. The highest BCUT2D eigenvalue weighted by Crippen LogP contribution is 2.48.